The van der Waals surface area contributed by atoms with Gasteiger partial charge in [0.25, 0.3) is 0 Å². The predicted molar refractivity (Wildman–Crippen MR) is 95.2 cm³/mol. The van der Waals surface area contributed by atoms with Crippen LogP contribution in [-0.2, 0) is 16.1 Å². The summed E-state index contributed by atoms with van der Waals surface area (Å²) in [5, 5.41) is 0. The average molecular weight is 331 g/mol. The van der Waals surface area contributed by atoms with E-state index in [1.54, 1.807) is 0 Å². The van der Waals surface area contributed by atoms with Crippen LogP contribution in [0, 0.1) is 0 Å². The van der Waals surface area contributed by atoms with E-state index in [0.29, 0.717) is 39.0 Å². The lowest BCUT2D eigenvalue weighted by Crippen LogP contribution is -2.43. The second-order valence-corrected chi connectivity index (χ2v) is 6.40. The van der Waals surface area contributed by atoms with Crippen molar-refractivity contribution in [3.05, 3.63) is 35.9 Å². The minimum atomic E-state index is 0.0821. The molecule has 0 unspecified atom stereocenters. The lowest BCUT2D eigenvalue weighted by molar-refractivity contribution is -0.133. The minimum Gasteiger partial charge on any atom is -0.340 e. The maximum Gasteiger partial charge on any atom is 0.224 e. The highest BCUT2D eigenvalue weighted by Crippen LogP contribution is 2.18. The molecule has 2 rings (SSSR count). The van der Waals surface area contributed by atoms with E-state index in [1.165, 1.54) is 0 Å². The number of carbonyl (C=O) groups is 2. The molecule has 1 heterocycles. The van der Waals surface area contributed by atoms with Gasteiger partial charge in [0.05, 0.1) is 0 Å². The largest absolute Gasteiger partial charge is 0.340 e. The van der Waals surface area contributed by atoms with Gasteiger partial charge in [-0.05, 0) is 31.4 Å². The van der Waals surface area contributed by atoms with Crippen LogP contribution in [0.5, 0.6) is 0 Å². The summed E-state index contributed by atoms with van der Waals surface area (Å²) in [5.41, 5.74) is 6.63. The lowest BCUT2D eigenvalue weighted by Gasteiger charge is -2.31. The minimum absolute atomic E-state index is 0.0821. The molecule has 1 fully saturated rings. The van der Waals surface area contributed by atoms with Crippen LogP contribution in [0.1, 0.15) is 44.6 Å². The molecule has 0 radical (unpaired) electrons. The summed E-state index contributed by atoms with van der Waals surface area (Å²) in [5.74, 6) is 0.291. The summed E-state index contributed by atoms with van der Waals surface area (Å²) in [6.07, 6.45) is 3.48. The van der Waals surface area contributed by atoms with E-state index in [9.17, 15) is 9.59 Å². The Morgan fingerprint density at radius 3 is 2.67 bits per heavy atom. The van der Waals surface area contributed by atoms with E-state index in [1.807, 2.05) is 40.1 Å². The quantitative estimate of drug-likeness (QED) is 0.779. The highest BCUT2D eigenvalue weighted by Gasteiger charge is 2.30. The van der Waals surface area contributed by atoms with Gasteiger partial charge in [-0.1, -0.05) is 37.3 Å². The molecule has 24 heavy (non-hydrogen) atoms. The lowest BCUT2D eigenvalue weighted by atomic mass is 10.1. The first-order valence-corrected chi connectivity index (χ1v) is 8.97. The molecule has 1 atom stereocenters. The third kappa shape index (κ3) is 5.06. The number of carbonyl (C=O) groups excluding carboxylic acids is 2. The topological polar surface area (TPSA) is 66.6 Å². The van der Waals surface area contributed by atoms with Gasteiger partial charge in [0.1, 0.15) is 0 Å². The van der Waals surface area contributed by atoms with Crippen LogP contribution < -0.4 is 5.73 Å². The molecule has 1 aromatic rings. The molecule has 1 aliphatic heterocycles. The molecule has 2 amide bonds. The number of amides is 2. The SMILES string of the molecule is CC[C@H]1CN(C(=O)CCCCN)CCC(=O)N1Cc1ccccc1. The van der Waals surface area contributed by atoms with Crippen LogP contribution in [0.25, 0.3) is 0 Å². The van der Waals surface area contributed by atoms with E-state index in [4.69, 9.17) is 5.73 Å². The van der Waals surface area contributed by atoms with Gasteiger partial charge in [0.2, 0.25) is 11.8 Å². The summed E-state index contributed by atoms with van der Waals surface area (Å²) >= 11 is 0. The first-order chi connectivity index (χ1) is 11.7. The second kappa shape index (κ2) is 9.42. The summed E-state index contributed by atoms with van der Waals surface area (Å²) in [6, 6.07) is 10.1. The van der Waals surface area contributed by atoms with Crippen molar-refractivity contribution >= 4 is 11.8 Å². The molecule has 1 saturated heterocycles. The fraction of sp³-hybridized carbons (Fsp3) is 0.579. The fourth-order valence-electron chi connectivity index (χ4n) is 3.17. The Balaban J connectivity index is 2.03. The summed E-state index contributed by atoms with van der Waals surface area (Å²) < 4.78 is 0. The molecule has 0 spiro atoms. The molecule has 0 bridgehead atoms. The monoisotopic (exact) mass is 331 g/mol. The molecule has 132 valence electrons. The Morgan fingerprint density at radius 1 is 1.25 bits per heavy atom. The molecule has 2 N–H and O–H groups in total. The fourth-order valence-corrected chi connectivity index (χ4v) is 3.17. The molecule has 0 saturated carbocycles. The van der Waals surface area contributed by atoms with Crippen molar-refractivity contribution in [1.82, 2.24) is 9.80 Å². The van der Waals surface area contributed by atoms with Crippen molar-refractivity contribution in [3.8, 4) is 0 Å². The van der Waals surface area contributed by atoms with Gasteiger partial charge in [-0.3, -0.25) is 9.59 Å². The number of hydrogen-bond acceptors (Lipinski definition) is 3. The van der Waals surface area contributed by atoms with Gasteiger partial charge in [-0.25, -0.2) is 0 Å². The highest BCUT2D eigenvalue weighted by molar-refractivity contribution is 5.80. The summed E-state index contributed by atoms with van der Waals surface area (Å²) in [4.78, 5) is 28.8. The van der Waals surface area contributed by atoms with Gasteiger partial charge < -0.3 is 15.5 Å². The van der Waals surface area contributed by atoms with Crippen molar-refractivity contribution in [2.45, 2.75) is 51.6 Å². The first kappa shape index (κ1) is 18.5. The zero-order chi connectivity index (χ0) is 17.4. The van der Waals surface area contributed by atoms with Gasteiger partial charge in [-0.2, -0.15) is 0 Å². The molecular weight excluding hydrogens is 302 g/mol. The number of nitrogens with zero attached hydrogens (tertiary/aromatic N) is 2. The average Bonchev–Trinajstić information content (AvgIpc) is 2.76. The Hall–Kier alpha value is -1.88. The van der Waals surface area contributed by atoms with Crippen molar-refractivity contribution in [2.24, 2.45) is 5.73 Å². The number of benzene rings is 1. The van der Waals surface area contributed by atoms with E-state index >= 15 is 0 Å². The number of hydrogen-bond donors (Lipinski definition) is 1. The van der Waals surface area contributed by atoms with Crippen LogP contribution >= 0.6 is 0 Å². The van der Waals surface area contributed by atoms with Crippen molar-refractivity contribution in [1.29, 1.82) is 0 Å². The maximum atomic E-state index is 12.6. The summed E-state index contributed by atoms with van der Waals surface area (Å²) in [6.45, 7) is 4.48. The van der Waals surface area contributed by atoms with E-state index in [2.05, 4.69) is 6.92 Å². The molecule has 5 heteroatoms. The van der Waals surface area contributed by atoms with Crippen LogP contribution in [-0.4, -0.2) is 47.3 Å². The maximum absolute atomic E-state index is 12.6. The Labute approximate surface area is 144 Å². The molecular formula is C19H29N3O2. The molecule has 0 aliphatic carbocycles. The van der Waals surface area contributed by atoms with Gasteiger partial charge in [-0.15, -0.1) is 0 Å². The zero-order valence-electron chi connectivity index (χ0n) is 14.6. The smallest absolute Gasteiger partial charge is 0.224 e. The third-order valence-electron chi connectivity index (χ3n) is 4.65. The first-order valence-electron chi connectivity index (χ1n) is 8.97. The van der Waals surface area contributed by atoms with Crippen LogP contribution in [0.15, 0.2) is 30.3 Å². The van der Waals surface area contributed by atoms with Crippen LogP contribution in [0.4, 0.5) is 0 Å². The van der Waals surface area contributed by atoms with Crippen LogP contribution in [0.2, 0.25) is 0 Å². The third-order valence-corrected chi connectivity index (χ3v) is 4.65. The Morgan fingerprint density at radius 2 is 2.00 bits per heavy atom. The molecule has 5 nitrogen and oxygen atoms in total. The predicted octanol–water partition coefficient (Wildman–Crippen LogP) is 2.16. The van der Waals surface area contributed by atoms with E-state index in [0.717, 1.165) is 24.8 Å². The normalized spacial score (nSPS) is 18.6. The number of nitrogens with two attached hydrogens (primary N) is 1. The Kier molecular flexibility index (Phi) is 7.25. The standard InChI is InChI=1S/C19H29N3O2/c1-2-17-15-21(18(23)10-6-7-12-20)13-11-19(24)22(17)14-16-8-4-3-5-9-16/h3-5,8-9,17H,2,6-7,10-15,20H2,1H3/t17-/m0/s1. The van der Waals surface area contributed by atoms with Crippen molar-refractivity contribution in [3.63, 3.8) is 0 Å². The van der Waals surface area contributed by atoms with E-state index < -0.39 is 0 Å². The second-order valence-electron chi connectivity index (χ2n) is 6.40. The van der Waals surface area contributed by atoms with Gasteiger partial charge >= 0.3 is 0 Å². The summed E-state index contributed by atoms with van der Waals surface area (Å²) in [7, 11) is 0. The molecule has 0 aromatic heterocycles. The van der Waals surface area contributed by atoms with Gasteiger partial charge in [0, 0.05) is 38.5 Å². The van der Waals surface area contributed by atoms with Crippen molar-refractivity contribution in [2.75, 3.05) is 19.6 Å². The number of rotatable bonds is 7. The highest BCUT2D eigenvalue weighted by atomic mass is 16.2. The molecule has 1 aliphatic rings. The number of unbranched alkanes of at least 4 members (excludes halogenated alkanes) is 1. The van der Waals surface area contributed by atoms with E-state index in [-0.39, 0.29) is 17.9 Å². The van der Waals surface area contributed by atoms with Crippen molar-refractivity contribution < 1.29 is 9.59 Å². The zero-order valence-corrected chi connectivity index (χ0v) is 14.6. The Bertz CT molecular complexity index is 533. The van der Waals surface area contributed by atoms with Gasteiger partial charge in [0.15, 0.2) is 0 Å². The van der Waals surface area contributed by atoms with Crippen LogP contribution in [0.3, 0.4) is 0 Å². The molecule has 1 aromatic carbocycles.